The maximum absolute atomic E-state index is 12.4. The monoisotopic (exact) mass is 401 g/mol. The fourth-order valence-electron chi connectivity index (χ4n) is 4.14. The molecule has 1 aliphatic rings. The molecule has 2 aromatic rings. The lowest BCUT2D eigenvalue weighted by atomic mass is 9.85. The molecule has 0 bridgehead atoms. The van der Waals surface area contributed by atoms with Crippen molar-refractivity contribution in [2.45, 2.75) is 62.7 Å². The lowest BCUT2D eigenvalue weighted by Gasteiger charge is -2.21. The van der Waals surface area contributed by atoms with Crippen LogP contribution in [0.2, 0.25) is 0 Å². The second-order valence-corrected chi connectivity index (χ2v) is 9.96. The van der Waals surface area contributed by atoms with E-state index < -0.39 is 9.84 Å². The van der Waals surface area contributed by atoms with Crippen LogP contribution in [-0.2, 0) is 16.3 Å². The summed E-state index contributed by atoms with van der Waals surface area (Å²) < 4.78 is 24.7. The van der Waals surface area contributed by atoms with E-state index in [1.54, 1.807) is 12.1 Å². The quantitative estimate of drug-likeness (QED) is 0.671. The molecule has 1 heterocycles. The number of hydrogen-bond donors (Lipinski definition) is 1. The van der Waals surface area contributed by atoms with Crippen LogP contribution in [0.5, 0.6) is 0 Å². The SMILES string of the molecule is CCc1ccc(C(CC2CCCC2)c2ccc(S(=O)(=O)CCCO)cc2)nc1. The first-order valence-corrected chi connectivity index (χ1v) is 12.1. The molecule has 1 aliphatic carbocycles. The number of aliphatic hydroxyl groups is 1. The Kier molecular flexibility index (Phi) is 7.24. The maximum atomic E-state index is 12.4. The van der Waals surface area contributed by atoms with Crippen molar-refractivity contribution in [1.29, 1.82) is 0 Å². The molecule has 0 radical (unpaired) electrons. The number of aliphatic hydroxyl groups excluding tert-OH is 1. The fraction of sp³-hybridized carbons (Fsp3) is 0.522. The third-order valence-corrected chi connectivity index (χ3v) is 7.69. The van der Waals surface area contributed by atoms with Gasteiger partial charge in [0, 0.05) is 24.4 Å². The van der Waals surface area contributed by atoms with Gasteiger partial charge in [-0.15, -0.1) is 0 Å². The van der Waals surface area contributed by atoms with E-state index in [0.717, 1.165) is 24.1 Å². The minimum Gasteiger partial charge on any atom is -0.396 e. The van der Waals surface area contributed by atoms with Crippen molar-refractivity contribution < 1.29 is 13.5 Å². The van der Waals surface area contributed by atoms with Gasteiger partial charge in [0.15, 0.2) is 9.84 Å². The van der Waals surface area contributed by atoms with Crippen LogP contribution in [0.25, 0.3) is 0 Å². The minimum absolute atomic E-state index is 0.0195. The Hall–Kier alpha value is -1.72. The predicted octanol–water partition coefficient (Wildman–Crippen LogP) is 4.51. The highest BCUT2D eigenvalue weighted by molar-refractivity contribution is 7.91. The molecular formula is C23H31NO3S. The van der Waals surface area contributed by atoms with Gasteiger partial charge in [-0.1, -0.05) is 50.8 Å². The first-order valence-electron chi connectivity index (χ1n) is 10.4. The molecule has 1 saturated carbocycles. The summed E-state index contributed by atoms with van der Waals surface area (Å²) in [5, 5.41) is 8.92. The van der Waals surface area contributed by atoms with Crippen LogP contribution in [0.1, 0.15) is 68.2 Å². The molecule has 0 amide bonds. The van der Waals surface area contributed by atoms with E-state index in [9.17, 15) is 8.42 Å². The Balaban J connectivity index is 1.86. The van der Waals surface area contributed by atoms with Gasteiger partial charge in [0.2, 0.25) is 0 Å². The normalized spacial score (nSPS) is 16.4. The summed E-state index contributed by atoms with van der Waals surface area (Å²) in [5.41, 5.74) is 3.43. The summed E-state index contributed by atoms with van der Waals surface area (Å²) in [6.07, 6.45) is 9.43. The number of benzene rings is 1. The Morgan fingerprint density at radius 3 is 2.39 bits per heavy atom. The molecule has 1 atom stereocenters. The fourth-order valence-corrected chi connectivity index (χ4v) is 5.43. The van der Waals surface area contributed by atoms with Crippen molar-refractivity contribution in [2.24, 2.45) is 5.92 Å². The molecule has 1 unspecified atom stereocenters. The van der Waals surface area contributed by atoms with E-state index in [4.69, 9.17) is 10.1 Å². The topological polar surface area (TPSA) is 67.3 Å². The number of nitrogens with zero attached hydrogens (tertiary/aromatic N) is 1. The van der Waals surface area contributed by atoms with Crippen LogP contribution in [0.15, 0.2) is 47.5 Å². The summed E-state index contributed by atoms with van der Waals surface area (Å²) in [5.74, 6) is 0.891. The van der Waals surface area contributed by atoms with Crippen molar-refractivity contribution in [3.8, 4) is 0 Å². The van der Waals surface area contributed by atoms with Crippen LogP contribution >= 0.6 is 0 Å². The molecule has 1 N–H and O–H groups in total. The van der Waals surface area contributed by atoms with Crippen LogP contribution in [0, 0.1) is 5.92 Å². The van der Waals surface area contributed by atoms with Gasteiger partial charge in [-0.3, -0.25) is 4.98 Å². The van der Waals surface area contributed by atoms with Crippen LogP contribution in [0.3, 0.4) is 0 Å². The summed E-state index contributed by atoms with van der Waals surface area (Å²) in [4.78, 5) is 5.07. The number of sulfone groups is 1. The molecule has 1 aromatic carbocycles. The number of rotatable bonds is 9. The largest absolute Gasteiger partial charge is 0.396 e. The molecule has 152 valence electrons. The average molecular weight is 402 g/mol. The van der Waals surface area contributed by atoms with E-state index in [1.165, 1.54) is 31.2 Å². The lowest BCUT2D eigenvalue weighted by Crippen LogP contribution is -2.11. The minimum atomic E-state index is -3.34. The Morgan fingerprint density at radius 1 is 1.11 bits per heavy atom. The molecule has 0 spiro atoms. The van der Waals surface area contributed by atoms with E-state index in [2.05, 4.69) is 19.1 Å². The molecular weight excluding hydrogens is 370 g/mol. The molecule has 3 rings (SSSR count). The first-order chi connectivity index (χ1) is 13.5. The number of aromatic nitrogens is 1. The Morgan fingerprint density at radius 2 is 1.82 bits per heavy atom. The highest BCUT2D eigenvalue weighted by Crippen LogP contribution is 2.37. The molecule has 28 heavy (non-hydrogen) atoms. The van der Waals surface area contributed by atoms with Crippen molar-refractivity contribution in [2.75, 3.05) is 12.4 Å². The third kappa shape index (κ3) is 5.21. The zero-order valence-electron chi connectivity index (χ0n) is 16.7. The molecule has 0 aliphatic heterocycles. The van der Waals surface area contributed by atoms with E-state index in [1.807, 2.05) is 18.3 Å². The molecule has 5 heteroatoms. The van der Waals surface area contributed by atoms with E-state index >= 15 is 0 Å². The zero-order chi connectivity index (χ0) is 20.0. The summed E-state index contributed by atoms with van der Waals surface area (Å²) in [7, 11) is -3.34. The van der Waals surface area contributed by atoms with Crippen molar-refractivity contribution in [1.82, 2.24) is 4.98 Å². The van der Waals surface area contributed by atoms with Crippen molar-refractivity contribution in [3.63, 3.8) is 0 Å². The van der Waals surface area contributed by atoms with Gasteiger partial charge in [-0.05, 0) is 54.5 Å². The van der Waals surface area contributed by atoms with Crippen LogP contribution < -0.4 is 0 Å². The van der Waals surface area contributed by atoms with Crippen LogP contribution in [0.4, 0.5) is 0 Å². The molecule has 4 nitrogen and oxygen atoms in total. The van der Waals surface area contributed by atoms with Crippen molar-refractivity contribution in [3.05, 3.63) is 59.4 Å². The van der Waals surface area contributed by atoms with Crippen molar-refractivity contribution >= 4 is 9.84 Å². The van der Waals surface area contributed by atoms with Crippen LogP contribution in [-0.4, -0.2) is 30.9 Å². The zero-order valence-corrected chi connectivity index (χ0v) is 17.5. The van der Waals surface area contributed by atoms with Gasteiger partial charge < -0.3 is 5.11 Å². The first kappa shape index (κ1) is 21.0. The Bertz CT molecular complexity index is 838. The number of hydrogen-bond acceptors (Lipinski definition) is 4. The van der Waals surface area contributed by atoms with E-state index in [0.29, 0.717) is 10.8 Å². The van der Waals surface area contributed by atoms with Gasteiger partial charge in [-0.2, -0.15) is 0 Å². The van der Waals surface area contributed by atoms with Gasteiger partial charge >= 0.3 is 0 Å². The summed E-state index contributed by atoms with van der Waals surface area (Å²) in [6, 6.07) is 11.6. The molecule has 1 aromatic heterocycles. The van der Waals surface area contributed by atoms with Gasteiger partial charge in [0.05, 0.1) is 10.6 Å². The predicted molar refractivity (Wildman–Crippen MR) is 112 cm³/mol. The van der Waals surface area contributed by atoms with Gasteiger partial charge in [0.1, 0.15) is 0 Å². The highest BCUT2D eigenvalue weighted by atomic mass is 32.2. The third-order valence-electron chi connectivity index (χ3n) is 5.87. The average Bonchev–Trinajstić information content (AvgIpc) is 3.24. The Labute approximate surface area is 169 Å². The summed E-state index contributed by atoms with van der Waals surface area (Å²) >= 11 is 0. The summed E-state index contributed by atoms with van der Waals surface area (Å²) in [6.45, 7) is 2.02. The molecule has 1 fully saturated rings. The van der Waals surface area contributed by atoms with Gasteiger partial charge in [-0.25, -0.2) is 8.42 Å². The maximum Gasteiger partial charge on any atom is 0.178 e. The standard InChI is InChI=1S/C23H31NO3S/c1-2-18-8-13-23(24-17-18)22(16-19-6-3-4-7-19)20-9-11-21(12-10-20)28(26,27)15-5-14-25/h8-13,17,19,22,25H,2-7,14-16H2,1H3. The smallest absolute Gasteiger partial charge is 0.178 e. The number of aryl methyl sites for hydroxylation is 1. The number of pyridine rings is 1. The van der Waals surface area contributed by atoms with Gasteiger partial charge in [0.25, 0.3) is 0 Å². The van der Waals surface area contributed by atoms with E-state index in [-0.39, 0.29) is 24.7 Å². The second-order valence-electron chi connectivity index (χ2n) is 7.85. The highest BCUT2D eigenvalue weighted by Gasteiger charge is 2.24. The lowest BCUT2D eigenvalue weighted by molar-refractivity contribution is 0.295. The second kappa shape index (κ2) is 9.66. The molecule has 0 saturated heterocycles.